The fourth-order valence-electron chi connectivity index (χ4n) is 5.00. The Morgan fingerprint density at radius 3 is 2.62 bits per heavy atom. The number of fused-ring (bicyclic) bond motifs is 1. The predicted octanol–water partition coefficient (Wildman–Crippen LogP) is 5.38. The Balaban J connectivity index is 1.50. The number of nitrogens with zero attached hydrogens (tertiary/aromatic N) is 5. The molecule has 0 aliphatic heterocycles. The number of nitrogens with one attached hydrogen (secondary N) is 1. The van der Waals surface area contributed by atoms with Gasteiger partial charge >= 0.3 is 0 Å². The summed E-state index contributed by atoms with van der Waals surface area (Å²) < 4.78 is 4.30. The van der Waals surface area contributed by atoms with Crippen molar-refractivity contribution in [1.29, 1.82) is 0 Å². The number of anilines is 2. The summed E-state index contributed by atoms with van der Waals surface area (Å²) in [6.45, 7) is 3.02. The number of hydrogen-bond acceptors (Lipinski definition) is 4. The summed E-state index contributed by atoms with van der Waals surface area (Å²) in [6.07, 6.45) is 11.2. The standard InChI is InChI=1S/C27H32N6O/c1-18-11-20(27(34)31(2)3)9-10-23(18)30-26-13-25-21(14-28-26)12-24(22-15-29-32(4)17-22)33(25)16-19-7-5-6-8-19/h9-15,17,19H,5-8,16H2,1-4H3,(H,28,30). The molecule has 0 atom stereocenters. The minimum Gasteiger partial charge on any atom is -0.345 e. The van der Waals surface area contributed by atoms with Gasteiger partial charge in [-0.25, -0.2) is 4.98 Å². The minimum absolute atomic E-state index is 0.00173. The third-order valence-electron chi connectivity index (χ3n) is 6.84. The van der Waals surface area contributed by atoms with Gasteiger partial charge in [0.25, 0.3) is 5.91 Å². The largest absolute Gasteiger partial charge is 0.345 e. The third-order valence-corrected chi connectivity index (χ3v) is 6.84. The minimum atomic E-state index is 0.00173. The molecular weight excluding hydrogens is 424 g/mol. The van der Waals surface area contributed by atoms with Crippen molar-refractivity contribution < 1.29 is 4.79 Å². The van der Waals surface area contributed by atoms with Crippen molar-refractivity contribution in [2.45, 2.75) is 39.2 Å². The van der Waals surface area contributed by atoms with Crippen molar-refractivity contribution >= 4 is 28.3 Å². The summed E-state index contributed by atoms with van der Waals surface area (Å²) in [5, 5.41) is 9.00. The lowest BCUT2D eigenvalue weighted by Crippen LogP contribution is -2.21. The molecule has 1 N–H and O–H groups in total. The van der Waals surface area contributed by atoms with Crippen molar-refractivity contribution in [3.05, 3.63) is 60.0 Å². The second kappa shape index (κ2) is 8.97. The van der Waals surface area contributed by atoms with Gasteiger partial charge in [-0.2, -0.15) is 5.10 Å². The number of aromatic nitrogens is 4. The number of hydrogen-bond donors (Lipinski definition) is 1. The van der Waals surface area contributed by atoms with Crippen LogP contribution in [0, 0.1) is 12.8 Å². The molecule has 1 aromatic carbocycles. The quantitative estimate of drug-likeness (QED) is 0.423. The molecular formula is C27H32N6O. The van der Waals surface area contributed by atoms with Crippen LogP contribution in [0.3, 0.4) is 0 Å². The van der Waals surface area contributed by atoms with E-state index in [4.69, 9.17) is 4.98 Å². The molecule has 1 fully saturated rings. The number of aryl methyl sites for hydroxylation is 2. The van der Waals surface area contributed by atoms with E-state index in [2.05, 4.69) is 33.3 Å². The van der Waals surface area contributed by atoms with Crippen LogP contribution in [0.4, 0.5) is 11.5 Å². The fourth-order valence-corrected chi connectivity index (χ4v) is 5.00. The molecule has 0 saturated heterocycles. The zero-order chi connectivity index (χ0) is 23.8. The molecule has 34 heavy (non-hydrogen) atoms. The summed E-state index contributed by atoms with van der Waals surface area (Å²) in [6, 6.07) is 10.1. The van der Waals surface area contributed by atoms with Gasteiger partial charge in [-0.1, -0.05) is 12.8 Å². The highest BCUT2D eigenvalue weighted by Gasteiger charge is 2.20. The molecule has 1 aliphatic rings. The lowest BCUT2D eigenvalue weighted by molar-refractivity contribution is 0.0827. The number of carbonyl (C=O) groups excluding carboxylic acids is 1. The maximum Gasteiger partial charge on any atom is 0.253 e. The van der Waals surface area contributed by atoms with Crippen molar-refractivity contribution in [3.8, 4) is 11.3 Å². The zero-order valence-corrected chi connectivity index (χ0v) is 20.4. The van der Waals surface area contributed by atoms with Crippen LogP contribution >= 0.6 is 0 Å². The summed E-state index contributed by atoms with van der Waals surface area (Å²) in [5.41, 5.74) is 6.14. The van der Waals surface area contributed by atoms with Gasteiger partial charge < -0.3 is 14.8 Å². The van der Waals surface area contributed by atoms with Crippen LogP contribution in [0.2, 0.25) is 0 Å². The smallest absolute Gasteiger partial charge is 0.253 e. The second-order valence-corrected chi connectivity index (χ2v) is 9.68. The Bertz CT molecular complexity index is 1340. The number of rotatable bonds is 6. The summed E-state index contributed by atoms with van der Waals surface area (Å²) in [5.74, 6) is 1.51. The molecule has 4 aromatic rings. The van der Waals surface area contributed by atoms with Gasteiger partial charge in [0.15, 0.2) is 0 Å². The molecule has 1 saturated carbocycles. The molecule has 7 heteroatoms. The van der Waals surface area contributed by atoms with E-state index in [1.807, 2.05) is 49.2 Å². The van der Waals surface area contributed by atoms with E-state index in [1.54, 1.807) is 19.0 Å². The summed E-state index contributed by atoms with van der Waals surface area (Å²) >= 11 is 0. The lowest BCUT2D eigenvalue weighted by atomic mass is 10.1. The van der Waals surface area contributed by atoms with Crippen LogP contribution in [-0.4, -0.2) is 44.2 Å². The van der Waals surface area contributed by atoms with E-state index in [-0.39, 0.29) is 5.91 Å². The first-order valence-electron chi connectivity index (χ1n) is 12.0. The van der Waals surface area contributed by atoms with Gasteiger partial charge in [0, 0.05) is 68.3 Å². The maximum absolute atomic E-state index is 12.3. The molecule has 176 valence electrons. The highest BCUT2D eigenvalue weighted by molar-refractivity contribution is 5.95. The third kappa shape index (κ3) is 4.30. The van der Waals surface area contributed by atoms with Gasteiger partial charge in [-0.3, -0.25) is 9.48 Å². The van der Waals surface area contributed by atoms with Crippen molar-refractivity contribution in [2.24, 2.45) is 13.0 Å². The van der Waals surface area contributed by atoms with Gasteiger partial charge in [0.2, 0.25) is 0 Å². The molecule has 3 aromatic heterocycles. The van der Waals surface area contributed by atoms with Crippen LogP contribution in [0.25, 0.3) is 22.2 Å². The van der Waals surface area contributed by atoms with Crippen molar-refractivity contribution in [1.82, 2.24) is 24.2 Å². The Morgan fingerprint density at radius 2 is 1.94 bits per heavy atom. The molecule has 0 spiro atoms. The van der Waals surface area contributed by atoms with Crippen LogP contribution < -0.4 is 5.32 Å². The Hall–Kier alpha value is -3.61. The number of amides is 1. The number of pyridine rings is 1. The monoisotopic (exact) mass is 456 g/mol. The summed E-state index contributed by atoms with van der Waals surface area (Å²) in [7, 11) is 5.49. The van der Waals surface area contributed by atoms with Gasteiger partial charge in [0.1, 0.15) is 5.82 Å². The molecule has 7 nitrogen and oxygen atoms in total. The first kappa shape index (κ1) is 22.2. The van der Waals surface area contributed by atoms with Gasteiger partial charge in [-0.15, -0.1) is 0 Å². The van der Waals surface area contributed by atoms with E-state index in [0.29, 0.717) is 11.5 Å². The summed E-state index contributed by atoms with van der Waals surface area (Å²) in [4.78, 5) is 18.6. The van der Waals surface area contributed by atoms with Crippen LogP contribution in [0.1, 0.15) is 41.6 Å². The molecule has 3 heterocycles. The zero-order valence-electron chi connectivity index (χ0n) is 20.4. The Morgan fingerprint density at radius 1 is 1.15 bits per heavy atom. The van der Waals surface area contributed by atoms with Gasteiger partial charge in [-0.05, 0) is 55.5 Å². The van der Waals surface area contributed by atoms with Gasteiger partial charge in [0.05, 0.1) is 17.4 Å². The Kier molecular flexibility index (Phi) is 5.86. The molecule has 5 rings (SSSR count). The molecule has 0 unspecified atom stereocenters. The number of benzene rings is 1. The second-order valence-electron chi connectivity index (χ2n) is 9.68. The molecule has 1 amide bonds. The van der Waals surface area contributed by atoms with E-state index in [9.17, 15) is 4.79 Å². The number of carbonyl (C=O) groups is 1. The van der Waals surface area contributed by atoms with Crippen LogP contribution in [0.5, 0.6) is 0 Å². The first-order chi connectivity index (χ1) is 16.4. The lowest BCUT2D eigenvalue weighted by Gasteiger charge is -2.16. The normalized spacial score (nSPS) is 14.1. The topological polar surface area (TPSA) is 68.0 Å². The Labute approximate surface area is 200 Å². The first-order valence-corrected chi connectivity index (χ1v) is 12.0. The highest BCUT2D eigenvalue weighted by atomic mass is 16.2. The highest BCUT2D eigenvalue weighted by Crippen LogP contribution is 2.34. The molecule has 0 bridgehead atoms. The molecule has 1 aliphatic carbocycles. The van der Waals surface area contributed by atoms with E-state index in [1.165, 1.54) is 36.9 Å². The molecule has 0 radical (unpaired) electrons. The average molecular weight is 457 g/mol. The van der Waals surface area contributed by atoms with E-state index in [0.717, 1.165) is 34.6 Å². The van der Waals surface area contributed by atoms with Crippen LogP contribution in [0.15, 0.2) is 48.9 Å². The average Bonchev–Trinajstić information content (AvgIpc) is 3.56. The SMILES string of the molecule is Cc1cc(C(=O)N(C)C)ccc1Nc1cc2c(cn1)cc(-c1cnn(C)c1)n2CC1CCCC1. The fraction of sp³-hybridized carbons (Fsp3) is 0.370. The van der Waals surface area contributed by atoms with E-state index < -0.39 is 0 Å². The maximum atomic E-state index is 12.3. The van der Waals surface area contributed by atoms with Crippen molar-refractivity contribution in [2.75, 3.05) is 19.4 Å². The van der Waals surface area contributed by atoms with Crippen molar-refractivity contribution in [3.63, 3.8) is 0 Å². The van der Waals surface area contributed by atoms with Crippen LogP contribution in [-0.2, 0) is 13.6 Å². The predicted molar refractivity (Wildman–Crippen MR) is 136 cm³/mol. The van der Waals surface area contributed by atoms with E-state index >= 15 is 0 Å².